The Hall–Kier alpha value is -1.56. The van der Waals surface area contributed by atoms with Crippen molar-refractivity contribution in [1.82, 2.24) is 15.8 Å². The van der Waals surface area contributed by atoms with Crippen LogP contribution in [-0.4, -0.2) is 29.7 Å². The molecule has 1 saturated heterocycles. The van der Waals surface area contributed by atoms with E-state index in [0.29, 0.717) is 10.7 Å². The minimum Gasteiger partial charge on any atom is -0.350 e. The Morgan fingerprint density at radius 2 is 2.26 bits per heavy atom. The quantitative estimate of drug-likeness (QED) is 0.886. The zero-order valence-corrected chi connectivity index (χ0v) is 14.3. The monoisotopic (exact) mass is 355 g/mol. The van der Waals surface area contributed by atoms with Gasteiger partial charge in [0.25, 0.3) is 5.91 Å². The fourth-order valence-electron chi connectivity index (χ4n) is 2.65. The summed E-state index contributed by atoms with van der Waals surface area (Å²) in [5.74, 6) is -0.0194. The highest BCUT2D eigenvalue weighted by Gasteiger charge is 2.24. The second kappa shape index (κ2) is 7.81. The molecule has 1 aromatic carbocycles. The maximum atomic E-state index is 12.3. The van der Waals surface area contributed by atoms with E-state index in [1.165, 1.54) is 0 Å². The van der Waals surface area contributed by atoms with Crippen molar-refractivity contribution < 1.29 is 9.32 Å². The molecule has 1 fully saturated rings. The standard InChI is InChI=1S/C16H18ClN3O2.ClH/c1-10-13(6-3-7-18-10)19-16(21)15-9-14(20-22-15)11-4-2-5-12(17)8-11;/h2,4-5,8-10,13,18H,3,6-7H2,1H3,(H,19,21);1H. The second-order valence-corrected chi connectivity index (χ2v) is 5.99. The Balaban J connectivity index is 0.00000192. The summed E-state index contributed by atoms with van der Waals surface area (Å²) < 4.78 is 5.17. The summed E-state index contributed by atoms with van der Waals surface area (Å²) >= 11 is 5.96. The molecule has 2 atom stereocenters. The average Bonchev–Trinajstić information content (AvgIpc) is 2.99. The predicted molar refractivity (Wildman–Crippen MR) is 92.1 cm³/mol. The number of benzene rings is 1. The van der Waals surface area contributed by atoms with E-state index in [-0.39, 0.29) is 36.2 Å². The van der Waals surface area contributed by atoms with Gasteiger partial charge in [0.15, 0.2) is 0 Å². The maximum absolute atomic E-state index is 12.3. The number of nitrogens with one attached hydrogen (secondary N) is 2. The lowest BCUT2D eigenvalue weighted by molar-refractivity contribution is 0.0882. The van der Waals surface area contributed by atoms with Crippen LogP contribution in [-0.2, 0) is 0 Å². The van der Waals surface area contributed by atoms with Gasteiger partial charge in [-0.3, -0.25) is 4.79 Å². The summed E-state index contributed by atoms with van der Waals surface area (Å²) in [6.07, 6.45) is 2.02. The largest absolute Gasteiger partial charge is 0.350 e. The Morgan fingerprint density at radius 1 is 1.43 bits per heavy atom. The van der Waals surface area contributed by atoms with Crippen molar-refractivity contribution in [3.63, 3.8) is 0 Å². The molecule has 5 nitrogen and oxygen atoms in total. The molecule has 2 aromatic rings. The summed E-state index contributed by atoms with van der Waals surface area (Å²) in [6.45, 7) is 3.07. The van der Waals surface area contributed by atoms with Crippen LogP contribution in [0.1, 0.15) is 30.3 Å². The molecule has 2 unspecified atom stereocenters. The molecule has 23 heavy (non-hydrogen) atoms. The van der Waals surface area contributed by atoms with Gasteiger partial charge in [0, 0.05) is 28.7 Å². The van der Waals surface area contributed by atoms with E-state index in [9.17, 15) is 4.79 Å². The van der Waals surface area contributed by atoms with Gasteiger partial charge in [-0.15, -0.1) is 12.4 Å². The summed E-state index contributed by atoms with van der Waals surface area (Å²) in [5, 5.41) is 10.9. The predicted octanol–water partition coefficient (Wildman–Crippen LogP) is 3.29. The number of hydrogen-bond donors (Lipinski definition) is 2. The number of carbonyl (C=O) groups excluding carboxylic acids is 1. The van der Waals surface area contributed by atoms with E-state index >= 15 is 0 Å². The van der Waals surface area contributed by atoms with Gasteiger partial charge in [-0.2, -0.15) is 0 Å². The lowest BCUT2D eigenvalue weighted by atomic mass is 10.00. The van der Waals surface area contributed by atoms with Crippen LogP contribution in [0.15, 0.2) is 34.9 Å². The van der Waals surface area contributed by atoms with Gasteiger partial charge < -0.3 is 15.2 Å². The summed E-state index contributed by atoms with van der Waals surface area (Å²) in [4.78, 5) is 12.3. The van der Waals surface area contributed by atoms with E-state index in [4.69, 9.17) is 16.1 Å². The second-order valence-electron chi connectivity index (χ2n) is 5.55. The first-order chi connectivity index (χ1) is 10.6. The number of hydrogen-bond acceptors (Lipinski definition) is 4. The molecule has 0 saturated carbocycles. The Bertz CT molecular complexity index is 675. The van der Waals surface area contributed by atoms with Crippen LogP contribution in [0, 0.1) is 0 Å². The SMILES string of the molecule is CC1NCCCC1NC(=O)c1cc(-c2cccc(Cl)c2)no1.Cl. The third-order valence-electron chi connectivity index (χ3n) is 3.93. The first-order valence-corrected chi connectivity index (χ1v) is 7.78. The van der Waals surface area contributed by atoms with Crippen LogP contribution < -0.4 is 10.6 Å². The molecule has 1 amide bonds. The zero-order chi connectivity index (χ0) is 15.5. The fraction of sp³-hybridized carbons (Fsp3) is 0.375. The van der Waals surface area contributed by atoms with Gasteiger partial charge in [0.05, 0.1) is 0 Å². The molecular formula is C16H19Cl2N3O2. The first kappa shape index (κ1) is 17.8. The molecule has 0 spiro atoms. The number of rotatable bonds is 3. The Kier molecular flexibility index (Phi) is 6.04. The Labute approximate surface area is 146 Å². The first-order valence-electron chi connectivity index (χ1n) is 7.40. The maximum Gasteiger partial charge on any atom is 0.290 e. The van der Waals surface area contributed by atoms with Gasteiger partial charge in [-0.05, 0) is 38.4 Å². The van der Waals surface area contributed by atoms with Gasteiger partial charge >= 0.3 is 0 Å². The molecule has 0 aliphatic carbocycles. The summed E-state index contributed by atoms with van der Waals surface area (Å²) in [7, 11) is 0. The van der Waals surface area contributed by atoms with Crippen molar-refractivity contribution in [3.05, 3.63) is 41.1 Å². The number of carbonyl (C=O) groups is 1. The van der Waals surface area contributed by atoms with Crippen LogP contribution in [0.5, 0.6) is 0 Å². The van der Waals surface area contributed by atoms with Gasteiger partial charge in [-0.25, -0.2) is 0 Å². The fourth-order valence-corrected chi connectivity index (χ4v) is 2.84. The number of amides is 1. The average molecular weight is 356 g/mol. The molecule has 3 rings (SSSR count). The summed E-state index contributed by atoms with van der Waals surface area (Å²) in [5.41, 5.74) is 1.42. The van der Waals surface area contributed by atoms with Gasteiger partial charge in [0.1, 0.15) is 5.69 Å². The summed E-state index contributed by atoms with van der Waals surface area (Å²) in [6, 6.07) is 9.29. The molecule has 2 N–H and O–H groups in total. The van der Waals surface area contributed by atoms with Crippen LogP contribution in [0.2, 0.25) is 5.02 Å². The molecule has 7 heteroatoms. The van der Waals surface area contributed by atoms with Crippen LogP contribution in [0.3, 0.4) is 0 Å². The molecule has 1 aliphatic heterocycles. The molecule has 1 aromatic heterocycles. The lowest BCUT2D eigenvalue weighted by Crippen LogP contribution is -2.51. The molecule has 1 aliphatic rings. The minimum absolute atomic E-state index is 0. The van der Waals surface area contributed by atoms with Crippen LogP contribution >= 0.6 is 24.0 Å². The number of aromatic nitrogens is 1. The van der Waals surface area contributed by atoms with Crippen molar-refractivity contribution >= 4 is 29.9 Å². The van der Waals surface area contributed by atoms with Crippen molar-refractivity contribution in [3.8, 4) is 11.3 Å². The molecule has 0 bridgehead atoms. The minimum atomic E-state index is -0.235. The van der Waals surface area contributed by atoms with E-state index in [1.807, 2.05) is 12.1 Å². The molecular weight excluding hydrogens is 337 g/mol. The van der Waals surface area contributed by atoms with Crippen LogP contribution in [0.4, 0.5) is 0 Å². The third-order valence-corrected chi connectivity index (χ3v) is 4.17. The highest BCUT2D eigenvalue weighted by molar-refractivity contribution is 6.30. The highest BCUT2D eigenvalue weighted by atomic mass is 35.5. The Morgan fingerprint density at radius 3 is 3.00 bits per heavy atom. The molecule has 2 heterocycles. The van der Waals surface area contributed by atoms with E-state index < -0.39 is 0 Å². The van der Waals surface area contributed by atoms with Crippen molar-refractivity contribution in [2.45, 2.75) is 31.8 Å². The number of halogens is 2. The van der Waals surface area contributed by atoms with E-state index in [0.717, 1.165) is 24.9 Å². The van der Waals surface area contributed by atoms with Crippen molar-refractivity contribution in [2.24, 2.45) is 0 Å². The van der Waals surface area contributed by atoms with Crippen LogP contribution in [0.25, 0.3) is 11.3 Å². The number of piperidine rings is 1. The van der Waals surface area contributed by atoms with Gasteiger partial charge in [-0.1, -0.05) is 28.9 Å². The highest BCUT2D eigenvalue weighted by Crippen LogP contribution is 2.22. The molecule has 0 radical (unpaired) electrons. The topological polar surface area (TPSA) is 67.2 Å². The normalized spacial score (nSPS) is 20.6. The smallest absolute Gasteiger partial charge is 0.290 e. The van der Waals surface area contributed by atoms with Gasteiger partial charge in [0.2, 0.25) is 5.76 Å². The van der Waals surface area contributed by atoms with E-state index in [1.54, 1.807) is 18.2 Å². The van der Waals surface area contributed by atoms with Crippen molar-refractivity contribution in [1.29, 1.82) is 0 Å². The molecule has 124 valence electrons. The van der Waals surface area contributed by atoms with Crippen molar-refractivity contribution in [2.75, 3.05) is 6.54 Å². The zero-order valence-electron chi connectivity index (χ0n) is 12.7. The number of nitrogens with zero attached hydrogens (tertiary/aromatic N) is 1. The third kappa shape index (κ3) is 4.25. The van der Waals surface area contributed by atoms with E-state index in [2.05, 4.69) is 22.7 Å². The lowest BCUT2D eigenvalue weighted by Gasteiger charge is -2.30.